The second-order valence-electron chi connectivity index (χ2n) is 3.60. The largest absolute Gasteiger partial charge is 0.478 e. The van der Waals surface area contributed by atoms with Crippen molar-refractivity contribution in [3.63, 3.8) is 0 Å². The number of aromatic nitrogens is 2. The zero-order chi connectivity index (χ0) is 13.3. The van der Waals surface area contributed by atoms with Crippen molar-refractivity contribution in [2.45, 2.75) is 0 Å². The highest BCUT2D eigenvalue weighted by Gasteiger charge is 2.08. The van der Waals surface area contributed by atoms with E-state index >= 15 is 0 Å². The number of nitrogen functional groups attached to an aromatic ring is 2. The van der Waals surface area contributed by atoms with E-state index in [0.717, 1.165) is 0 Å². The maximum absolute atomic E-state index is 11.4. The average molecular weight is 246 g/mol. The van der Waals surface area contributed by atoms with Crippen LogP contribution in [0.2, 0.25) is 0 Å². The first-order chi connectivity index (χ1) is 8.49. The van der Waals surface area contributed by atoms with Gasteiger partial charge in [-0.1, -0.05) is 12.1 Å². The lowest BCUT2D eigenvalue weighted by Crippen LogP contribution is -2.17. The molecular formula is C11H10N4O3. The summed E-state index contributed by atoms with van der Waals surface area (Å²) in [7, 11) is 0. The van der Waals surface area contributed by atoms with Gasteiger partial charge < -0.3 is 21.6 Å². The van der Waals surface area contributed by atoms with Crippen LogP contribution >= 0.6 is 0 Å². The Balaban J connectivity index is 2.49. The molecule has 0 bridgehead atoms. The van der Waals surface area contributed by atoms with E-state index in [-0.39, 0.29) is 22.9 Å². The predicted molar refractivity (Wildman–Crippen MR) is 66.1 cm³/mol. The third-order valence-corrected chi connectivity index (χ3v) is 2.39. The summed E-state index contributed by atoms with van der Waals surface area (Å²) < 4.78 is 0. The summed E-state index contributed by atoms with van der Waals surface area (Å²) in [5.41, 5.74) is 10.9. The van der Waals surface area contributed by atoms with Crippen LogP contribution < -0.4 is 17.0 Å². The van der Waals surface area contributed by atoms with Crippen molar-refractivity contribution < 1.29 is 9.90 Å². The minimum Gasteiger partial charge on any atom is -0.478 e. The van der Waals surface area contributed by atoms with Crippen LogP contribution in [-0.2, 0) is 0 Å². The molecule has 0 saturated heterocycles. The van der Waals surface area contributed by atoms with Crippen LogP contribution in [0.3, 0.4) is 0 Å². The molecular weight excluding hydrogens is 236 g/mol. The maximum Gasteiger partial charge on any atom is 0.335 e. The number of aromatic carboxylic acids is 1. The molecule has 18 heavy (non-hydrogen) atoms. The Bertz CT molecular complexity index is 661. The summed E-state index contributed by atoms with van der Waals surface area (Å²) in [6.07, 6.45) is 0. The van der Waals surface area contributed by atoms with E-state index in [1.807, 2.05) is 0 Å². The lowest BCUT2D eigenvalue weighted by molar-refractivity contribution is 0.0697. The van der Waals surface area contributed by atoms with Gasteiger partial charge in [0.25, 0.3) is 5.56 Å². The summed E-state index contributed by atoms with van der Waals surface area (Å²) in [4.78, 5) is 28.5. The number of anilines is 2. The normalized spacial score (nSPS) is 10.2. The minimum atomic E-state index is -1.03. The number of carboxylic acids is 1. The summed E-state index contributed by atoms with van der Waals surface area (Å²) in [6.45, 7) is 0. The van der Waals surface area contributed by atoms with Gasteiger partial charge in [-0.25, -0.2) is 9.78 Å². The summed E-state index contributed by atoms with van der Waals surface area (Å²) in [6, 6.07) is 5.86. The molecule has 0 fully saturated rings. The molecule has 7 nitrogen and oxygen atoms in total. The fourth-order valence-electron chi connectivity index (χ4n) is 1.41. The molecule has 0 aliphatic rings. The number of H-pyrrole nitrogens is 1. The molecule has 0 aliphatic carbocycles. The van der Waals surface area contributed by atoms with Crippen LogP contribution in [0.25, 0.3) is 11.4 Å². The van der Waals surface area contributed by atoms with E-state index in [2.05, 4.69) is 9.97 Å². The van der Waals surface area contributed by atoms with Gasteiger partial charge >= 0.3 is 5.97 Å². The Morgan fingerprint density at radius 2 is 1.83 bits per heavy atom. The van der Waals surface area contributed by atoms with E-state index in [9.17, 15) is 9.59 Å². The van der Waals surface area contributed by atoms with E-state index in [1.165, 1.54) is 24.3 Å². The molecule has 1 aromatic carbocycles. The van der Waals surface area contributed by atoms with Gasteiger partial charge in [-0.3, -0.25) is 4.79 Å². The van der Waals surface area contributed by atoms with Crippen molar-refractivity contribution in [3.8, 4) is 11.4 Å². The minimum absolute atomic E-state index is 0.0592. The molecule has 0 aliphatic heterocycles. The quantitative estimate of drug-likeness (QED) is 0.601. The molecule has 0 saturated carbocycles. The predicted octanol–water partition coefficient (Wildman–Crippen LogP) is 0.299. The van der Waals surface area contributed by atoms with Crippen molar-refractivity contribution >= 4 is 17.5 Å². The van der Waals surface area contributed by atoms with E-state index in [1.54, 1.807) is 0 Å². The zero-order valence-electron chi connectivity index (χ0n) is 9.18. The second-order valence-corrected chi connectivity index (χ2v) is 3.60. The van der Waals surface area contributed by atoms with Crippen molar-refractivity contribution in [1.82, 2.24) is 9.97 Å². The fourth-order valence-corrected chi connectivity index (χ4v) is 1.41. The first-order valence-corrected chi connectivity index (χ1v) is 4.98. The molecule has 2 rings (SSSR count). The van der Waals surface area contributed by atoms with Gasteiger partial charge in [0.2, 0.25) is 0 Å². The highest BCUT2D eigenvalue weighted by molar-refractivity contribution is 5.88. The lowest BCUT2D eigenvalue weighted by atomic mass is 10.1. The Morgan fingerprint density at radius 3 is 2.33 bits per heavy atom. The van der Waals surface area contributed by atoms with Crippen LogP contribution in [0.15, 0.2) is 29.1 Å². The number of aromatic amines is 1. The number of carbonyl (C=O) groups is 1. The monoisotopic (exact) mass is 246 g/mol. The smallest absolute Gasteiger partial charge is 0.335 e. The van der Waals surface area contributed by atoms with E-state index in [0.29, 0.717) is 5.56 Å². The van der Waals surface area contributed by atoms with Crippen LogP contribution in [0.4, 0.5) is 11.5 Å². The molecule has 1 heterocycles. The van der Waals surface area contributed by atoms with Crippen molar-refractivity contribution in [1.29, 1.82) is 0 Å². The van der Waals surface area contributed by atoms with Crippen LogP contribution in [0.5, 0.6) is 0 Å². The molecule has 92 valence electrons. The van der Waals surface area contributed by atoms with Gasteiger partial charge in [-0.2, -0.15) is 0 Å². The fraction of sp³-hybridized carbons (Fsp3) is 0. The lowest BCUT2D eigenvalue weighted by Gasteiger charge is -2.04. The maximum atomic E-state index is 11.4. The molecule has 0 spiro atoms. The Kier molecular flexibility index (Phi) is 2.72. The summed E-state index contributed by atoms with van der Waals surface area (Å²) in [5.74, 6) is -0.848. The van der Waals surface area contributed by atoms with Crippen molar-refractivity contribution in [2.75, 3.05) is 11.5 Å². The first-order valence-electron chi connectivity index (χ1n) is 4.98. The molecule has 1 aromatic heterocycles. The Labute approximate surface area is 101 Å². The van der Waals surface area contributed by atoms with Gasteiger partial charge in [0, 0.05) is 5.56 Å². The zero-order valence-corrected chi connectivity index (χ0v) is 9.18. The molecule has 0 radical (unpaired) electrons. The Hall–Kier alpha value is -2.83. The van der Waals surface area contributed by atoms with Gasteiger partial charge in [-0.05, 0) is 12.1 Å². The molecule has 0 atom stereocenters. The van der Waals surface area contributed by atoms with Gasteiger partial charge in [-0.15, -0.1) is 0 Å². The number of carboxylic acid groups (broad SMARTS) is 1. The van der Waals surface area contributed by atoms with Crippen molar-refractivity contribution in [3.05, 3.63) is 40.2 Å². The standard InChI is InChI=1S/C11H10N4O3/c12-7-8(13)14-9(15-10(7)16)5-1-3-6(4-2-5)11(17)18/h1-4H,12H2,(H,17,18)(H3,13,14,15,16). The van der Waals surface area contributed by atoms with Crippen LogP contribution in [0, 0.1) is 0 Å². The number of benzene rings is 1. The average Bonchev–Trinajstić information content (AvgIpc) is 2.35. The number of nitrogens with two attached hydrogens (primary N) is 2. The highest BCUT2D eigenvalue weighted by Crippen LogP contribution is 2.17. The first kappa shape index (κ1) is 11.6. The molecule has 2 aromatic rings. The molecule has 0 unspecified atom stereocenters. The van der Waals surface area contributed by atoms with Gasteiger partial charge in [0.05, 0.1) is 5.56 Å². The van der Waals surface area contributed by atoms with Crippen LogP contribution in [0.1, 0.15) is 10.4 Å². The van der Waals surface area contributed by atoms with Crippen LogP contribution in [-0.4, -0.2) is 21.0 Å². The second kappa shape index (κ2) is 4.21. The SMILES string of the molecule is Nc1nc(-c2ccc(C(=O)O)cc2)[nH]c(=O)c1N. The number of hydrogen-bond donors (Lipinski definition) is 4. The number of nitrogens with zero attached hydrogens (tertiary/aromatic N) is 1. The topological polar surface area (TPSA) is 135 Å². The van der Waals surface area contributed by atoms with Crippen molar-refractivity contribution in [2.24, 2.45) is 0 Å². The number of hydrogen-bond acceptors (Lipinski definition) is 5. The molecule has 6 N–H and O–H groups in total. The third-order valence-electron chi connectivity index (χ3n) is 2.39. The van der Waals surface area contributed by atoms with E-state index in [4.69, 9.17) is 16.6 Å². The molecule has 7 heteroatoms. The third kappa shape index (κ3) is 2.01. The highest BCUT2D eigenvalue weighted by atomic mass is 16.4. The van der Waals surface area contributed by atoms with Gasteiger partial charge in [0.15, 0.2) is 5.82 Å². The molecule has 0 amide bonds. The van der Waals surface area contributed by atoms with E-state index < -0.39 is 11.5 Å². The summed E-state index contributed by atoms with van der Waals surface area (Å²) >= 11 is 0. The number of nitrogens with one attached hydrogen (secondary N) is 1. The number of rotatable bonds is 2. The van der Waals surface area contributed by atoms with Gasteiger partial charge in [0.1, 0.15) is 11.5 Å². The Morgan fingerprint density at radius 1 is 1.22 bits per heavy atom. The summed E-state index contributed by atoms with van der Waals surface area (Å²) in [5, 5.41) is 8.76.